The van der Waals surface area contributed by atoms with Gasteiger partial charge in [-0.15, -0.1) is 0 Å². The van der Waals surface area contributed by atoms with Gasteiger partial charge in [0.1, 0.15) is 24.7 Å². The van der Waals surface area contributed by atoms with Gasteiger partial charge in [-0.25, -0.2) is 0 Å². The molecule has 0 aliphatic heterocycles. The van der Waals surface area contributed by atoms with E-state index in [1.165, 1.54) is 26.9 Å². The smallest absolute Gasteiger partial charge is 0.317 e. The maximum Gasteiger partial charge on any atom is 0.317 e. The summed E-state index contributed by atoms with van der Waals surface area (Å²) >= 11 is 0. The van der Waals surface area contributed by atoms with Crippen LogP contribution in [0.3, 0.4) is 0 Å². The molecule has 0 aliphatic rings. The molecular formula is C52H63N7O12. The van der Waals surface area contributed by atoms with E-state index in [0.29, 0.717) is 22.6 Å². The van der Waals surface area contributed by atoms with Gasteiger partial charge in [-0.3, -0.25) is 48.3 Å². The lowest BCUT2D eigenvalue weighted by Gasteiger charge is -2.28. The molecule has 0 unspecified atom stereocenters. The minimum Gasteiger partial charge on any atom is -0.492 e. The predicted molar refractivity (Wildman–Crippen MR) is 270 cm³/mol. The van der Waals surface area contributed by atoms with Crippen LogP contribution in [-0.4, -0.2) is 185 Å². The van der Waals surface area contributed by atoms with E-state index in [-0.39, 0.29) is 77.1 Å². The molecule has 0 saturated carbocycles. The molecule has 0 fully saturated rings. The van der Waals surface area contributed by atoms with Crippen LogP contribution in [0.15, 0.2) is 109 Å². The fourth-order valence-corrected chi connectivity index (χ4v) is 6.81. The molecular weight excluding hydrogens is 915 g/mol. The van der Waals surface area contributed by atoms with Crippen molar-refractivity contribution in [2.45, 2.75) is 0 Å². The number of nitrogens with one attached hydrogen (secondary N) is 2. The van der Waals surface area contributed by atoms with Gasteiger partial charge in [0, 0.05) is 76.9 Å². The molecule has 71 heavy (non-hydrogen) atoms. The van der Waals surface area contributed by atoms with Crippen LogP contribution < -0.4 is 29.9 Å². The maximum atomic E-state index is 12.8. The number of ether oxygens (including phenoxy) is 2. The average molecular weight is 978 g/mol. The predicted octanol–water partition coefficient (Wildman–Crippen LogP) is 3.46. The highest BCUT2D eigenvalue weighted by molar-refractivity contribution is 6.07. The summed E-state index contributed by atoms with van der Waals surface area (Å²) in [6, 6.07) is 28.6. The Balaban J connectivity index is 1.17. The number of aliphatic carboxylic acids is 3. The van der Waals surface area contributed by atoms with Crippen molar-refractivity contribution < 1.29 is 58.4 Å². The van der Waals surface area contributed by atoms with Gasteiger partial charge in [-0.05, 0) is 96.1 Å². The summed E-state index contributed by atoms with van der Waals surface area (Å²) in [5.41, 5.74) is 4.80. The van der Waals surface area contributed by atoms with E-state index < -0.39 is 49.4 Å². The molecule has 0 aliphatic carbocycles. The Hall–Kier alpha value is -7.87. The first-order valence-corrected chi connectivity index (χ1v) is 22.7. The first-order chi connectivity index (χ1) is 33.9. The monoisotopic (exact) mass is 977 g/mol. The number of carbonyl (C=O) groups excluding carboxylic acids is 4. The number of carbonyl (C=O) groups is 7. The number of nitrogens with zero attached hydrogens (tertiary/aromatic N) is 5. The van der Waals surface area contributed by atoms with Crippen LogP contribution in [0, 0.1) is 0 Å². The molecule has 0 saturated heterocycles. The third-order valence-electron chi connectivity index (χ3n) is 10.6. The fraction of sp³-hybridized carbons (Fsp3) is 0.327. The number of anilines is 2. The Morgan fingerprint density at radius 1 is 0.451 bits per heavy atom. The van der Waals surface area contributed by atoms with Crippen molar-refractivity contribution in [1.29, 1.82) is 0 Å². The van der Waals surface area contributed by atoms with E-state index in [9.17, 15) is 48.9 Å². The number of hydrogen-bond donors (Lipinski definition) is 5. The summed E-state index contributed by atoms with van der Waals surface area (Å²) in [6.07, 6.45) is 6.47. The summed E-state index contributed by atoms with van der Waals surface area (Å²) < 4.78 is 11.4. The molecule has 4 aromatic rings. The van der Waals surface area contributed by atoms with Gasteiger partial charge in [-0.1, -0.05) is 36.4 Å². The number of benzene rings is 4. The molecule has 378 valence electrons. The first-order valence-electron chi connectivity index (χ1n) is 22.7. The van der Waals surface area contributed by atoms with Crippen LogP contribution >= 0.6 is 0 Å². The van der Waals surface area contributed by atoms with Crippen LogP contribution in [0.2, 0.25) is 0 Å². The Bertz CT molecular complexity index is 2280. The minimum atomic E-state index is -1.21. The lowest BCUT2D eigenvalue weighted by molar-refractivity contribution is -0.141. The second-order valence-electron chi connectivity index (χ2n) is 16.7. The molecule has 0 radical (unpaired) electrons. The van der Waals surface area contributed by atoms with Gasteiger partial charge >= 0.3 is 17.9 Å². The maximum absolute atomic E-state index is 12.8. The zero-order valence-electron chi connectivity index (χ0n) is 40.5. The Kier molecular flexibility index (Phi) is 22.9. The summed E-state index contributed by atoms with van der Waals surface area (Å²) in [7, 11) is 7.79. The standard InChI is InChI=1S/C52H63N7O12/c1-55(2)42-15-5-38(6-16-42)9-23-46(60)40-11-19-44(20-12-40)70-31-25-53-48(62)33-58(36-51(66)67)29-27-57(35-50(64)65)28-30-59(37-52(68)69)34-49(63)54-26-32-71-45-21-13-41(14-22-45)47(61)24-10-39-7-17-43(18-8-39)56(3)4/h5-24H,25-37H2,1-4H3,(H,53,62)(H,54,63)(H,64,65)(H,66,67)(H,68,69)/b23-9+,24-10+. The highest BCUT2D eigenvalue weighted by Gasteiger charge is 2.20. The molecule has 4 rings (SSSR count). The number of ketones is 2. The van der Waals surface area contributed by atoms with Crippen LogP contribution in [0.4, 0.5) is 11.4 Å². The summed E-state index contributed by atoms with van der Waals surface area (Å²) in [5.74, 6) is -4.01. The van der Waals surface area contributed by atoms with E-state index >= 15 is 0 Å². The van der Waals surface area contributed by atoms with Crippen molar-refractivity contribution in [3.05, 3.63) is 131 Å². The SMILES string of the molecule is CN(C)c1ccc(/C=C/C(=O)c2ccc(OCCNC(=O)CN(CCN(CCN(CC(=O)O)CC(=O)NCCOc3ccc(C(=O)/C=C/c4ccc(N(C)C)cc4)cc3)CC(=O)O)CC(=O)O)cc2)cc1. The van der Waals surface area contributed by atoms with Crippen molar-refractivity contribution in [1.82, 2.24) is 25.3 Å². The molecule has 4 aromatic carbocycles. The van der Waals surface area contributed by atoms with Gasteiger partial charge in [0.05, 0.1) is 45.8 Å². The Labute approximate surface area is 413 Å². The van der Waals surface area contributed by atoms with Gasteiger partial charge in [0.25, 0.3) is 0 Å². The molecule has 5 N–H and O–H groups in total. The zero-order valence-corrected chi connectivity index (χ0v) is 40.5. The van der Waals surface area contributed by atoms with Crippen molar-refractivity contribution >= 4 is 64.8 Å². The van der Waals surface area contributed by atoms with Crippen LogP contribution in [0.1, 0.15) is 31.8 Å². The average Bonchev–Trinajstić information content (AvgIpc) is 3.33. The molecule has 19 nitrogen and oxygen atoms in total. The van der Waals surface area contributed by atoms with E-state index in [4.69, 9.17) is 9.47 Å². The first kappa shape index (κ1) is 55.7. The molecule has 2 amide bonds. The molecule has 0 heterocycles. The second-order valence-corrected chi connectivity index (χ2v) is 16.7. The summed E-state index contributed by atoms with van der Waals surface area (Å²) in [6.45, 7) is -1.81. The lowest BCUT2D eigenvalue weighted by atomic mass is 10.1. The van der Waals surface area contributed by atoms with E-state index in [1.54, 1.807) is 60.7 Å². The Morgan fingerprint density at radius 2 is 0.775 bits per heavy atom. The lowest BCUT2D eigenvalue weighted by Crippen LogP contribution is -2.47. The van der Waals surface area contributed by atoms with Crippen molar-refractivity contribution in [2.75, 3.05) is 123 Å². The van der Waals surface area contributed by atoms with Gasteiger partial charge in [0.15, 0.2) is 11.6 Å². The van der Waals surface area contributed by atoms with E-state index in [2.05, 4.69) is 10.6 Å². The van der Waals surface area contributed by atoms with Crippen LogP contribution in [0.25, 0.3) is 12.2 Å². The highest BCUT2D eigenvalue weighted by Crippen LogP contribution is 2.18. The fourth-order valence-electron chi connectivity index (χ4n) is 6.81. The van der Waals surface area contributed by atoms with Gasteiger partial charge in [-0.2, -0.15) is 0 Å². The van der Waals surface area contributed by atoms with Gasteiger partial charge < -0.3 is 45.2 Å². The van der Waals surface area contributed by atoms with Crippen molar-refractivity contribution in [3.8, 4) is 11.5 Å². The number of carboxylic acid groups (broad SMARTS) is 3. The number of rotatable bonds is 32. The second kappa shape index (κ2) is 29.2. The molecule has 19 heteroatoms. The Morgan fingerprint density at radius 3 is 1.10 bits per heavy atom. The zero-order chi connectivity index (χ0) is 51.7. The molecule has 0 bridgehead atoms. The molecule has 0 atom stereocenters. The highest BCUT2D eigenvalue weighted by atomic mass is 16.5. The normalized spacial score (nSPS) is 11.3. The number of carboxylic acids is 3. The van der Waals surface area contributed by atoms with Gasteiger partial charge in [0.2, 0.25) is 11.8 Å². The van der Waals surface area contributed by atoms with Crippen molar-refractivity contribution in [2.24, 2.45) is 0 Å². The number of allylic oxidation sites excluding steroid dienone is 2. The molecule has 0 spiro atoms. The quantitative estimate of drug-likeness (QED) is 0.0268. The summed E-state index contributed by atoms with van der Waals surface area (Å²) in [4.78, 5) is 94.2. The topological polar surface area (TPSA) is 239 Å². The number of hydrogen-bond acceptors (Lipinski definition) is 14. The minimum absolute atomic E-state index is 0.0100. The van der Waals surface area contributed by atoms with Crippen LogP contribution in [-0.2, 0) is 24.0 Å². The van der Waals surface area contributed by atoms with E-state index in [1.807, 2.05) is 86.5 Å². The largest absolute Gasteiger partial charge is 0.492 e. The third kappa shape index (κ3) is 21.5. The summed E-state index contributed by atoms with van der Waals surface area (Å²) in [5, 5.41) is 34.0. The van der Waals surface area contributed by atoms with Crippen molar-refractivity contribution in [3.63, 3.8) is 0 Å². The van der Waals surface area contributed by atoms with Crippen LogP contribution in [0.5, 0.6) is 11.5 Å². The number of amides is 2. The third-order valence-corrected chi connectivity index (χ3v) is 10.6. The molecule has 0 aromatic heterocycles. The van der Waals surface area contributed by atoms with E-state index in [0.717, 1.165) is 22.5 Å².